The van der Waals surface area contributed by atoms with E-state index in [1.807, 2.05) is 0 Å². The molecular formula is C35H56. The highest BCUT2D eigenvalue weighted by Crippen LogP contribution is 2.65. The Morgan fingerprint density at radius 3 is 2.43 bits per heavy atom. The molecule has 0 aromatic heterocycles. The minimum Gasteiger partial charge on any atom is -0.0841 e. The summed E-state index contributed by atoms with van der Waals surface area (Å²) in [5.74, 6) is 8.54. The molecule has 4 fully saturated rings. The first-order valence-corrected chi connectivity index (χ1v) is 15.5. The van der Waals surface area contributed by atoms with Crippen molar-refractivity contribution in [1.29, 1.82) is 0 Å². The molecule has 0 heteroatoms. The lowest BCUT2D eigenvalue weighted by atomic mass is 9.49. The molecule has 0 bridgehead atoms. The maximum Gasteiger partial charge on any atom is -0.0199 e. The molecule has 196 valence electrons. The van der Waals surface area contributed by atoms with Crippen molar-refractivity contribution >= 4 is 5.57 Å². The van der Waals surface area contributed by atoms with E-state index in [9.17, 15) is 0 Å². The van der Waals surface area contributed by atoms with Crippen LogP contribution in [0.1, 0.15) is 124 Å². The maximum atomic E-state index is 2.72. The van der Waals surface area contributed by atoms with E-state index in [-0.39, 0.29) is 0 Å². The summed E-state index contributed by atoms with van der Waals surface area (Å²) in [7, 11) is 0. The van der Waals surface area contributed by atoms with Gasteiger partial charge in [0.25, 0.3) is 0 Å². The lowest BCUT2D eigenvalue weighted by Crippen LogP contribution is -2.49. The highest BCUT2D eigenvalue weighted by atomic mass is 14.6. The number of hydrogen-bond acceptors (Lipinski definition) is 0. The van der Waals surface area contributed by atoms with Crippen molar-refractivity contribution in [2.24, 2.45) is 52.8 Å². The molecule has 7 unspecified atom stereocenters. The smallest absolute Gasteiger partial charge is 0.0199 e. The zero-order valence-electron chi connectivity index (χ0n) is 24.3. The second kappa shape index (κ2) is 11.6. The SMILES string of the molecule is C/C=C(/C)c1ccccc1CC.CCC(C)C1CC[C@H]2C3CCC4CC(C)CCC4[C@H]3CCC12C. The molecule has 4 saturated carbocycles. The van der Waals surface area contributed by atoms with Gasteiger partial charge in [-0.3, -0.25) is 0 Å². The van der Waals surface area contributed by atoms with Crippen LogP contribution in [0.5, 0.6) is 0 Å². The number of aryl methyl sites for hydroxylation is 1. The molecule has 0 radical (unpaired) electrons. The fourth-order valence-corrected chi connectivity index (χ4v) is 9.72. The van der Waals surface area contributed by atoms with Crippen LogP contribution in [-0.4, -0.2) is 0 Å². The predicted octanol–water partition coefficient (Wildman–Crippen LogP) is 10.6. The Hall–Kier alpha value is -1.04. The van der Waals surface area contributed by atoms with Crippen LogP contribution in [0.3, 0.4) is 0 Å². The molecule has 0 amide bonds. The lowest BCUT2D eigenvalue weighted by molar-refractivity contribution is -0.0729. The van der Waals surface area contributed by atoms with E-state index in [0.717, 1.165) is 53.8 Å². The Morgan fingerprint density at radius 1 is 0.971 bits per heavy atom. The van der Waals surface area contributed by atoms with E-state index in [1.165, 1.54) is 29.5 Å². The lowest BCUT2D eigenvalue weighted by Gasteiger charge is -2.56. The summed E-state index contributed by atoms with van der Waals surface area (Å²) in [6.45, 7) is 16.6. The van der Waals surface area contributed by atoms with Gasteiger partial charge in [-0.2, -0.15) is 0 Å². The molecule has 4 aliphatic rings. The van der Waals surface area contributed by atoms with Gasteiger partial charge in [0, 0.05) is 0 Å². The van der Waals surface area contributed by atoms with Crippen LogP contribution >= 0.6 is 0 Å². The molecule has 9 atom stereocenters. The van der Waals surface area contributed by atoms with E-state index in [0.29, 0.717) is 5.41 Å². The second-order valence-electron chi connectivity index (χ2n) is 13.4. The van der Waals surface area contributed by atoms with E-state index >= 15 is 0 Å². The summed E-state index contributed by atoms with van der Waals surface area (Å²) in [6, 6.07) is 8.59. The van der Waals surface area contributed by atoms with Gasteiger partial charge in [-0.05, 0) is 141 Å². The number of fused-ring (bicyclic) bond motifs is 5. The summed E-state index contributed by atoms with van der Waals surface area (Å²) in [5.41, 5.74) is 4.90. The largest absolute Gasteiger partial charge is 0.0841 e. The van der Waals surface area contributed by atoms with Gasteiger partial charge >= 0.3 is 0 Å². The predicted molar refractivity (Wildman–Crippen MR) is 154 cm³/mol. The molecule has 0 aliphatic heterocycles. The van der Waals surface area contributed by atoms with Crippen molar-refractivity contribution in [3.63, 3.8) is 0 Å². The number of benzene rings is 1. The Labute approximate surface area is 218 Å². The maximum absolute atomic E-state index is 2.72. The molecule has 0 saturated heterocycles. The van der Waals surface area contributed by atoms with Crippen LogP contribution in [0.25, 0.3) is 5.57 Å². The van der Waals surface area contributed by atoms with Crippen molar-refractivity contribution in [3.05, 3.63) is 41.5 Å². The number of rotatable bonds is 4. The van der Waals surface area contributed by atoms with Gasteiger partial charge in [0.15, 0.2) is 0 Å². The molecule has 35 heavy (non-hydrogen) atoms. The summed E-state index contributed by atoms with van der Waals surface area (Å²) in [4.78, 5) is 0. The van der Waals surface area contributed by atoms with Crippen LogP contribution in [0, 0.1) is 52.8 Å². The normalized spacial score (nSPS) is 39.5. The third-order valence-corrected chi connectivity index (χ3v) is 11.9. The van der Waals surface area contributed by atoms with Crippen LogP contribution in [0.15, 0.2) is 30.3 Å². The Kier molecular flexibility index (Phi) is 8.92. The Morgan fingerprint density at radius 2 is 1.71 bits per heavy atom. The first kappa shape index (κ1) is 27.0. The first-order valence-electron chi connectivity index (χ1n) is 15.5. The fourth-order valence-electron chi connectivity index (χ4n) is 9.72. The first-order chi connectivity index (χ1) is 16.8. The molecular weight excluding hydrogens is 420 g/mol. The van der Waals surface area contributed by atoms with Crippen molar-refractivity contribution in [1.82, 2.24) is 0 Å². The van der Waals surface area contributed by atoms with Crippen LogP contribution < -0.4 is 0 Å². The molecule has 0 nitrogen and oxygen atoms in total. The zero-order valence-corrected chi connectivity index (χ0v) is 24.3. The quantitative estimate of drug-likeness (QED) is 0.405. The fraction of sp³-hybridized carbons (Fsp3) is 0.771. The van der Waals surface area contributed by atoms with E-state index in [1.54, 1.807) is 51.4 Å². The van der Waals surface area contributed by atoms with Gasteiger partial charge in [-0.15, -0.1) is 0 Å². The van der Waals surface area contributed by atoms with Crippen LogP contribution in [-0.2, 0) is 6.42 Å². The summed E-state index contributed by atoms with van der Waals surface area (Å²) >= 11 is 0. The topological polar surface area (TPSA) is 0 Å². The molecule has 1 aromatic carbocycles. The van der Waals surface area contributed by atoms with E-state index in [2.05, 4.69) is 78.8 Å². The van der Waals surface area contributed by atoms with E-state index < -0.39 is 0 Å². The third kappa shape index (κ3) is 5.33. The third-order valence-electron chi connectivity index (χ3n) is 11.9. The molecule has 0 spiro atoms. The van der Waals surface area contributed by atoms with Crippen molar-refractivity contribution in [3.8, 4) is 0 Å². The molecule has 1 aromatic rings. The van der Waals surface area contributed by atoms with Crippen molar-refractivity contribution in [2.45, 2.75) is 119 Å². The summed E-state index contributed by atoms with van der Waals surface area (Å²) < 4.78 is 0. The Balaban J connectivity index is 0.000000204. The van der Waals surface area contributed by atoms with Gasteiger partial charge in [0.2, 0.25) is 0 Å². The standard InChI is InChI=1S/C23H40.C12H16/c1-5-16(3)21-10-11-22-20-9-7-17-14-15(2)6-8-18(17)19(20)12-13-23(21,22)4;1-4-10(3)12-9-7-6-8-11(12)5-2/h15-22H,5-14H2,1-4H3;4,6-9H,5H2,1-3H3/b;10-4-/t15?,16?,17?,18?,19-,20?,21?,22+,23?;/m1./s1. The van der Waals surface area contributed by atoms with Gasteiger partial charge in [0.1, 0.15) is 0 Å². The van der Waals surface area contributed by atoms with Crippen molar-refractivity contribution in [2.75, 3.05) is 0 Å². The Bertz CT molecular complexity index is 847. The zero-order chi connectivity index (χ0) is 25.2. The van der Waals surface area contributed by atoms with E-state index in [4.69, 9.17) is 0 Å². The minimum absolute atomic E-state index is 0.700. The average molecular weight is 477 g/mol. The van der Waals surface area contributed by atoms with Crippen LogP contribution in [0.2, 0.25) is 0 Å². The minimum atomic E-state index is 0.700. The molecule has 0 heterocycles. The molecule has 0 N–H and O–H groups in total. The molecule has 5 rings (SSSR count). The highest BCUT2D eigenvalue weighted by Gasteiger charge is 2.57. The number of hydrogen-bond donors (Lipinski definition) is 0. The van der Waals surface area contributed by atoms with Gasteiger partial charge in [-0.1, -0.05) is 77.8 Å². The second-order valence-corrected chi connectivity index (χ2v) is 13.4. The molecule has 4 aliphatic carbocycles. The van der Waals surface area contributed by atoms with Gasteiger partial charge in [0.05, 0.1) is 0 Å². The van der Waals surface area contributed by atoms with Gasteiger partial charge < -0.3 is 0 Å². The monoisotopic (exact) mass is 476 g/mol. The van der Waals surface area contributed by atoms with Gasteiger partial charge in [-0.25, -0.2) is 0 Å². The number of allylic oxidation sites excluding steroid dienone is 2. The summed E-state index contributed by atoms with van der Waals surface area (Å²) in [6.07, 6.45) is 18.8. The average Bonchev–Trinajstić information content (AvgIpc) is 3.25. The highest BCUT2D eigenvalue weighted by molar-refractivity contribution is 5.66. The summed E-state index contributed by atoms with van der Waals surface area (Å²) in [5, 5.41) is 0. The van der Waals surface area contributed by atoms with Crippen molar-refractivity contribution < 1.29 is 0 Å². The van der Waals surface area contributed by atoms with Crippen LogP contribution in [0.4, 0.5) is 0 Å².